The highest BCUT2D eigenvalue weighted by Crippen LogP contribution is 2.55. The number of fused-ring (bicyclic) bond motifs is 2. The Morgan fingerprint density at radius 1 is 1.33 bits per heavy atom. The number of hydrogen-bond acceptors (Lipinski definition) is 4. The number of carbonyl (C=O) groups is 1. The summed E-state index contributed by atoms with van der Waals surface area (Å²) in [5.41, 5.74) is -0.549. The highest BCUT2D eigenvalue weighted by atomic mass is 35.5. The van der Waals surface area contributed by atoms with Gasteiger partial charge in [-0.15, -0.1) is 11.6 Å². The Bertz CT molecular complexity index is 943. The van der Waals surface area contributed by atoms with Gasteiger partial charge in [-0.25, -0.2) is 9.11 Å². The number of nitrogens with zero attached hydrogens (tertiary/aromatic N) is 1. The largest absolute Gasteiger partial charge is 0.491 e. The molecule has 1 N–H and O–H groups in total. The molecule has 1 amide bonds. The molecule has 3 atom stereocenters. The number of halogens is 3. The van der Waals surface area contributed by atoms with Gasteiger partial charge in [0.2, 0.25) is 0 Å². The number of amides is 1. The van der Waals surface area contributed by atoms with Crippen LogP contribution in [-0.4, -0.2) is 44.2 Å². The minimum Gasteiger partial charge on any atom is -0.491 e. The maximum atomic E-state index is 14.6. The molecular weight excluding hydrogens is 454 g/mol. The van der Waals surface area contributed by atoms with Crippen molar-refractivity contribution < 1.29 is 22.3 Å². The second-order valence-corrected chi connectivity index (χ2v) is 12.1. The molecule has 0 spiro atoms. The van der Waals surface area contributed by atoms with Crippen LogP contribution in [0.4, 0.5) is 4.39 Å². The van der Waals surface area contributed by atoms with Crippen molar-refractivity contribution in [3.05, 3.63) is 28.5 Å². The summed E-state index contributed by atoms with van der Waals surface area (Å²) in [4.78, 5) is 12.0. The normalized spacial score (nSPS) is 29.0. The van der Waals surface area contributed by atoms with Gasteiger partial charge in [-0.05, 0) is 44.1 Å². The Labute approximate surface area is 187 Å². The second kappa shape index (κ2) is 8.45. The summed E-state index contributed by atoms with van der Waals surface area (Å²) in [6.07, 6.45) is 5.86. The van der Waals surface area contributed by atoms with E-state index in [1.807, 2.05) is 0 Å². The van der Waals surface area contributed by atoms with Gasteiger partial charge in [0, 0.05) is 30.5 Å². The Morgan fingerprint density at radius 2 is 2.03 bits per heavy atom. The Morgan fingerprint density at radius 3 is 2.70 bits per heavy atom. The highest BCUT2D eigenvalue weighted by molar-refractivity contribution is 7.87. The van der Waals surface area contributed by atoms with Crippen LogP contribution in [0.25, 0.3) is 0 Å². The van der Waals surface area contributed by atoms with E-state index < -0.39 is 27.5 Å². The molecule has 0 radical (unpaired) electrons. The van der Waals surface area contributed by atoms with Crippen molar-refractivity contribution >= 4 is 39.3 Å². The van der Waals surface area contributed by atoms with Crippen LogP contribution >= 0.6 is 23.2 Å². The third kappa shape index (κ3) is 5.03. The number of ether oxygens (including phenoxy) is 1. The van der Waals surface area contributed by atoms with Crippen LogP contribution in [0, 0.1) is 17.2 Å². The van der Waals surface area contributed by atoms with Crippen LogP contribution in [0.3, 0.4) is 0 Å². The van der Waals surface area contributed by atoms with E-state index in [4.69, 9.17) is 27.9 Å². The number of rotatable bonds is 6. The number of hydrogen-bond donors (Lipinski definition) is 1. The van der Waals surface area contributed by atoms with Gasteiger partial charge in [0.25, 0.3) is 5.91 Å². The van der Waals surface area contributed by atoms with Gasteiger partial charge < -0.3 is 4.74 Å². The Balaban J connectivity index is 1.75. The summed E-state index contributed by atoms with van der Waals surface area (Å²) in [5, 5.41) is 0.0389. The molecular formula is C20H27Cl2FN2O4S. The minimum absolute atomic E-state index is 0.0389. The first kappa shape index (κ1) is 23.6. The summed E-state index contributed by atoms with van der Waals surface area (Å²) in [6, 6.07) is 2.11. The third-order valence-electron chi connectivity index (χ3n) is 6.02. The van der Waals surface area contributed by atoms with Crippen molar-refractivity contribution in [3.63, 3.8) is 0 Å². The van der Waals surface area contributed by atoms with Gasteiger partial charge in [-0.1, -0.05) is 24.9 Å². The first-order chi connectivity index (χ1) is 13.8. The van der Waals surface area contributed by atoms with Crippen molar-refractivity contribution in [2.45, 2.75) is 50.3 Å². The number of carbonyl (C=O) groups excluding carboxylic acids is 1. The zero-order chi connectivity index (χ0) is 22.3. The van der Waals surface area contributed by atoms with E-state index in [1.54, 1.807) is 4.72 Å². The maximum absolute atomic E-state index is 14.6. The molecule has 2 saturated carbocycles. The fourth-order valence-electron chi connectivity index (χ4n) is 4.90. The van der Waals surface area contributed by atoms with E-state index in [0.717, 1.165) is 55.0 Å². The smallest absolute Gasteiger partial charge is 0.303 e. The first-order valence-corrected chi connectivity index (χ1v) is 12.1. The summed E-state index contributed by atoms with van der Waals surface area (Å²) in [7, 11) is -1.55. The third-order valence-corrected chi connectivity index (χ3v) is 8.20. The molecule has 0 heterocycles. The van der Waals surface area contributed by atoms with Gasteiger partial charge >= 0.3 is 10.2 Å². The van der Waals surface area contributed by atoms with E-state index in [-0.39, 0.29) is 21.1 Å². The zero-order valence-electron chi connectivity index (χ0n) is 17.3. The fourth-order valence-corrected chi connectivity index (χ4v) is 6.33. The molecule has 3 unspecified atom stereocenters. The molecule has 10 heteroatoms. The van der Waals surface area contributed by atoms with E-state index >= 15 is 0 Å². The fraction of sp³-hybridized carbons (Fsp3) is 0.650. The number of benzene rings is 1. The standard InChI is InChI=1S/C20H27Cl2FN2O4S/c1-13-9-19(5-4-6-20(22,10-13)11-19)12-29-17-8-16(23)14(7-15(17)21)18(26)24-30(27,28)25(2)3/h7-8,13H,4-6,9-12H2,1-3H3,(H,24,26). The second-order valence-electron chi connectivity index (χ2n) is 8.96. The monoisotopic (exact) mass is 480 g/mol. The van der Waals surface area contributed by atoms with Crippen LogP contribution in [0.1, 0.15) is 55.8 Å². The molecule has 2 fully saturated rings. The maximum Gasteiger partial charge on any atom is 0.303 e. The number of alkyl halides is 1. The van der Waals surface area contributed by atoms with Gasteiger partial charge in [-0.3, -0.25) is 4.79 Å². The van der Waals surface area contributed by atoms with E-state index in [1.165, 1.54) is 14.1 Å². The van der Waals surface area contributed by atoms with Crippen molar-refractivity contribution in [1.82, 2.24) is 9.03 Å². The van der Waals surface area contributed by atoms with Crippen molar-refractivity contribution in [1.29, 1.82) is 0 Å². The predicted octanol–water partition coefficient (Wildman–Crippen LogP) is 4.36. The quantitative estimate of drug-likeness (QED) is 0.613. The SMILES string of the molecule is CC1CC2(Cl)CCCC(COc3cc(F)c(C(=O)NS(=O)(=O)N(C)C)cc3Cl)(C1)C2. The molecule has 2 bridgehead atoms. The lowest BCUT2D eigenvalue weighted by Crippen LogP contribution is -2.47. The van der Waals surface area contributed by atoms with Crippen LogP contribution in [0.5, 0.6) is 5.75 Å². The molecule has 2 aliphatic rings. The van der Waals surface area contributed by atoms with Crippen LogP contribution in [0.15, 0.2) is 12.1 Å². The average Bonchev–Trinajstić information content (AvgIpc) is 2.60. The van der Waals surface area contributed by atoms with Gasteiger partial charge in [0.15, 0.2) is 0 Å². The van der Waals surface area contributed by atoms with Gasteiger partial charge in [0.1, 0.15) is 11.6 Å². The molecule has 6 nitrogen and oxygen atoms in total. The lowest BCUT2D eigenvalue weighted by Gasteiger charge is -2.51. The van der Waals surface area contributed by atoms with Crippen LogP contribution in [-0.2, 0) is 10.2 Å². The van der Waals surface area contributed by atoms with E-state index in [2.05, 4.69) is 6.92 Å². The summed E-state index contributed by atoms with van der Waals surface area (Å²) < 4.78 is 46.7. The van der Waals surface area contributed by atoms with Crippen molar-refractivity contribution in [3.8, 4) is 5.75 Å². The molecule has 30 heavy (non-hydrogen) atoms. The topological polar surface area (TPSA) is 75.7 Å². The molecule has 1 aromatic carbocycles. The Hall–Kier alpha value is -1.09. The molecule has 2 aliphatic carbocycles. The molecule has 3 rings (SSSR count). The van der Waals surface area contributed by atoms with Crippen molar-refractivity contribution in [2.75, 3.05) is 20.7 Å². The summed E-state index contributed by atoms with van der Waals surface area (Å²) in [5.74, 6) is -1.41. The zero-order valence-corrected chi connectivity index (χ0v) is 19.6. The van der Waals surface area contributed by atoms with E-state index in [0.29, 0.717) is 12.5 Å². The van der Waals surface area contributed by atoms with Crippen LogP contribution in [0.2, 0.25) is 5.02 Å². The molecule has 168 valence electrons. The highest BCUT2D eigenvalue weighted by Gasteiger charge is 2.49. The lowest BCUT2D eigenvalue weighted by atomic mass is 9.59. The first-order valence-electron chi connectivity index (χ1n) is 9.90. The molecule has 1 aromatic rings. The molecule has 0 aromatic heterocycles. The lowest BCUT2D eigenvalue weighted by molar-refractivity contribution is 0.0155. The van der Waals surface area contributed by atoms with Gasteiger partial charge in [0.05, 0.1) is 17.2 Å². The Kier molecular flexibility index (Phi) is 6.64. The number of nitrogens with one attached hydrogen (secondary N) is 1. The summed E-state index contributed by atoms with van der Waals surface area (Å²) in [6.45, 7) is 2.56. The van der Waals surface area contributed by atoms with Gasteiger partial charge in [-0.2, -0.15) is 12.7 Å². The van der Waals surface area contributed by atoms with E-state index in [9.17, 15) is 17.6 Å². The summed E-state index contributed by atoms with van der Waals surface area (Å²) >= 11 is 13.0. The average molecular weight is 481 g/mol. The minimum atomic E-state index is -4.05. The predicted molar refractivity (Wildman–Crippen MR) is 115 cm³/mol. The molecule has 0 saturated heterocycles. The van der Waals surface area contributed by atoms with Crippen molar-refractivity contribution in [2.24, 2.45) is 11.3 Å². The molecule has 0 aliphatic heterocycles. The van der Waals surface area contributed by atoms with Crippen LogP contribution < -0.4 is 9.46 Å².